The van der Waals surface area contributed by atoms with Gasteiger partial charge in [0.05, 0.1) is 26.4 Å². The zero-order chi connectivity index (χ0) is 18.7. The quantitative estimate of drug-likeness (QED) is 0.687. The summed E-state index contributed by atoms with van der Waals surface area (Å²) in [5.74, 6) is 0.404. The standard InChI is InChI=1S/C20H36N4O2/c1-16(15-26-19-14-21(4)22(19)5)17(2)20(24-8-6-7-9-24)18(3)23-10-12-25-13-11-23/h6,8,16,18-19H,7,9-15H2,1-5H3/b20-17-. The normalized spacial score (nSPS) is 28.8. The molecular formula is C20H36N4O2. The zero-order valence-corrected chi connectivity index (χ0v) is 17.1. The maximum Gasteiger partial charge on any atom is 0.137 e. The van der Waals surface area contributed by atoms with Crippen molar-refractivity contribution in [2.75, 3.05) is 60.1 Å². The molecule has 0 aliphatic carbocycles. The third-order valence-electron chi connectivity index (χ3n) is 6.18. The molecule has 3 aliphatic heterocycles. The number of hydrazine groups is 1. The Morgan fingerprint density at radius 3 is 2.50 bits per heavy atom. The lowest BCUT2D eigenvalue weighted by Crippen LogP contribution is -2.61. The number of morpholine rings is 1. The number of hydrogen-bond donors (Lipinski definition) is 0. The Labute approximate surface area is 159 Å². The lowest BCUT2D eigenvalue weighted by atomic mass is 9.96. The van der Waals surface area contributed by atoms with Gasteiger partial charge in [0.2, 0.25) is 0 Å². The third-order valence-corrected chi connectivity index (χ3v) is 6.18. The van der Waals surface area contributed by atoms with Crippen LogP contribution in [0.2, 0.25) is 0 Å². The summed E-state index contributed by atoms with van der Waals surface area (Å²) in [5.41, 5.74) is 2.90. The minimum Gasteiger partial charge on any atom is -0.379 e. The second-order valence-electron chi connectivity index (χ2n) is 7.86. The predicted molar refractivity (Wildman–Crippen MR) is 104 cm³/mol. The van der Waals surface area contributed by atoms with Crippen molar-refractivity contribution in [1.82, 2.24) is 19.8 Å². The molecule has 0 radical (unpaired) electrons. The molecule has 3 atom stereocenters. The number of hydrogen-bond acceptors (Lipinski definition) is 6. The van der Waals surface area contributed by atoms with Gasteiger partial charge in [-0.15, -0.1) is 0 Å². The lowest BCUT2D eigenvalue weighted by molar-refractivity contribution is -0.239. The molecule has 0 aromatic carbocycles. The van der Waals surface area contributed by atoms with Crippen molar-refractivity contribution in [2.45, 2.75) is 39.5 Å². The Bertz CT molecular complexity index is 530. The van der Waals surface area contributed by atoms with Crippen LogP contribution in [0, 0.1) is 5.92 Å². The van der Waals surface area contributed by atoms with E-state index < -0.39 is 0 Å². The lowest BCUT2D eigenvalue weighted by Gasteiger charge is -2.46. The summed E-state index contributed by atoms with van der Waals surface area (Å²) in [5, 5.41) is 4.34. The van der Waals surface area contributed by atoms with Gasteiger partial charge in [0.1, 0.15) is 6.23 Å². The highest BCUT2D eigenvalue weighted by Gasteiger charge is 2.32. The van der Waals surface area contributed by atoms with Gasteiger partial charge >= 0.3 is 0 Å². The summed E-state index contributed by atoms with van der Waals surface area (Å²) in [7, 11) is 4.18. The van der Waals surface area contributed by atoms with E-state index in [9.17, 15) is 0 Å². The fraction of sp³-hybridized carbons (Fsp3) is 0.800. The molecule has 0 spiro atoms. The molecule has 3 rings (SSSR count). The van der Waals surface area contributed by atoms with E-state index in [0.717, 1.165) is 52.4 Å². The molecule has 3 heterocycles. The Balaban J connectivity index is 1.69. The molecule has 2 saturated heterocycles. The van der Waals surface area contributed by atoms with Gasteiger partial charge in [-0.3, -0.25) is 4.90 Å². The van der Waals surface area contributed by atoms with E-state index in [-0.39, 0.29) is 6.23 Å². The Morgan fingerprint density at radius 1 is 1.19 bits per heavy atom. The zero-order valence-electron chi connectivity index (χ0n) is 17.1. The first-order valence-corrected chi connectivity index (χ1v) is 10.00. The molecule has 0 bridgehead atoms. The first-order valence-electron chi connectivity index (χ1n) is 10.00. The van der Waals surface area contributed by atoms with Crippen LogP contribution in [0.25, 0.3) is 0 Å². The topological polar surface area (TPSA) is 31.4 Å². The van der Waals surface area contributed by atoms with Crippen molar-refractivity contribution in [3.8, 4) is 0 Å². The van der Waals surface area contributed by atoms with E-state index in [0.29, 0.717) is 12.0 Å². The van der Waals surface area contributed by atoms with E-state index in [1.165, 1.54) is 11.3 Å². The van der Waals surface area contributed by atoms with E-state index >= 15 is 0 Å². The van der Waals surface area contributed by atoms with Crippen LogP contribution >= 0.6 is 0 Å². The minimum atomic E-state index is 0.224. The molecular weight excluding hydrogens is 328 g/mol. The van der Waals surface area contributed by atoms with Crippen LogP contribution in [0.3, 0.4) is 0 Å². The Morgan fingerprint density at radius 2 is 1.92 bits per heavy atom. The van der Waals surface area contributed by atoms with Crippen molar-refractivity contribution in [1.29, 1.82) is 0 Å². The number of likely N-dealkylation sites (N-methyl/N-ethyl adjacent to an activating group) is 2. The van der Waals surface area contributed by atoms with Crippen LogP contribution in [0.5, 0.6) is 0 Å². The van der Waals surface area contributed by atoms with E-state index in [1.807, 2.05) is 0 Å². The SMILES string of the molecule is C/C(=C(\C(C)N1CCOCC1)N1C=CCC1)C(C)COC1CN(C)N1C. The van der Waals surface area contributed by atoms with Gasteiger partial charge in [-0.1, -0.05) is 13.0 Å². The molecule has 3 unspecified atom stereocenters. The fourth-order valence-corrected chi connectivity index (χ4v) is 4.01. The fourth-order valence-electron chi connectivity index (χ4n) is 4.01. The summed E-state index contributed by atoms with van der Waals surface area (Å²) >= 11 is 0. The van der Waals surface area contributed by atoms with Crippen molar-refractivity contribution in [2.24, 2.45) is 5.92 Å². The molecule has 148 valence electrons. The van der Waals surface area contributed by atoms with Gasteiger partial charge < -0.3 is 14.4 Å². The van der Waals surface area contributed by atoms with Crippen LogP contribution in [0.1, 0.15) is 27.2 Å². The molecule has 0 aromatic heterocycles. The summed E-state index contributed by atoms with van der Waals surface area (Å²) in [6.07, 6.45) is 5.90. The van der Waals surface area contributed by atoms with Crippen LogP contribution in [0.4, 0.5) is 0 Å². The van der Waals surface area contributed by atoms with Gasteiger partial charge in [0.25, 0.3) is 0 Å². The van der Waals surface area contributed by atoms with E-state index in [2.05, 4.69) is 67.0 Å². The molecule has 0 N–H and O–H groups in total. The highest BCUT2D eigenvalue weighted by Crippen LogP contribution is 2.28. The predicted octanol–water partition coefficient (Wildman–Crippen LogP) is 1.97. The first kappa shape index (κ1) is 19.8. The summed E-state index contributed by atoms with van der Waals surface area (Å²) in [6.45, 7) is 13.5. The molecule has 0 saturated carbocycles. The van der Waals surface area contributed by atoms with Crippen molar-refractivity contribution in [3.63, 3.8) is 0 Å². The molecule has 3 aliphatic rings. The van der Waals surface area contributed by atoms with Gasteiger partial charge in [0, 0.05) is 51.4 Å². The average Bonchev–Trinajstić information content (AvgIpc) is 3.19. The van der Waals surface area contributed by atoms with Crippen molar-refractivity contribution >= 4 is 0 Å². The Hall–Kier alpha value is -0.920. The highest BCUT2D eigenvalue weighted by molar-refractivity contribution is 5.23. The molecule has 2 fully saturated rings. The van der Waals surface area contributed by atoms with Gasteiger partial charge in [-0.2, -0.15) is 0 Å². The second kappa shape index (κ2) is 8.85. The summed E-state index contributed by atoms with van der Waals surface area (Å²) < 4.78 is 11.7. The second-order valence-corrected chi connectivity index (χ2v) is 7.86. The number of rotatable bonds is 7. The monoisotopic (exact) mass is 364 g/mol. The smallest absolute Gasteiger partial charge is 0.137 e. The molecule has 0 aromatic rings. The molecule has 6 nitrogen and oxygen atoms in total. The maximum absolute atomic E-state index is 6.16. The molecule has 26 heavy (non-hydrogen) atoms. The Kier molecular flexibility index (Phi) is 6.75. The third kappa shape index (κ3) is 4.31. The maximum atomic E-state index is 6.16. The van der Waals surface area contributed by atoms with E-state index in [4.69, 9.17) is 9.47 Å². The van der Waals surface area contributed by atoms with Crippen LogP contribution in [-0.2, 0) is 9.47 Å². The van der Waals surface area contributed by atoms with E-state index in [1.54, 1.807) is 0 Å². The van der Waals surface area contributed by atoms with Crippen LogP contribution in [-0.4, -0.2) is 92.2 Å². The number of nitrogens with zero attached hydrogens (tertiary/aromatic N) is 4. The van der Waals surface area contributed by atoms with Crippen molar-refractivity contribution < 1.29 is 9.47 Å². The summed E-state index contributed by atoms with van der Waals surface area (Å²) in [4.78, 5) is 5.01. The van der Waals surface area contributed by atoms with Gasteiger partial charge in [-0.25, -0.2) is 10.0 Å². The summed E-state index contributed by atoms with van der Waals surface area (Å²) in [6, 6.07) is 0.404. The van der Waals surface area contributed by atoms with Crippen LogP contribution in [0.15, 0.2) is 23.5 Å². The average molecular weight is 365 g/mol. The first-order chi connectivity index (χ1) is 12.5. The molecule has 0 amide bonds. The van der Waals surface area contributed by atoms with Gasteiger partial charge in [0.15, 0.2) is 0 Å². The number of ether oxygens (including phenoxy) is 2. The van der Waals surface area contributed by atoms with Gasteiger partial charge in [-0.05, 0) is 32.0 Å². The largest absolute Gasteiger partial charge is 0.379 e. The van der Waals surface area contributed by atoms with Crippen molar-refractivity contribution in [3.05, 3.63) is 23.5 Å². The van der Waals surface area contributed by atoms with Crippen LogP contribution < -0.4 is 0 Å². The molecule has 6 heteroatoms. The minimum absolute atomic E-state index is 0.224. The highest BCUT2D eigenvalue weighted by atomic mass is 16.5.